The van der Waals surface area contributed by atoms with Crippen molar-refractivity contribution in [3.8, 4) is 0 Å². The zero-order chi connectivity index (χ0) is 10.3. The molecule has 0 aromatic carbocycles. The number of nitrogens with zero attached hydrogens (tertiary/aromatic N) is 3. The van der Waals surface area contributed by atoms with Crippen LogP contribution in [0, 0.1) is 0 Å². The van der Waals surface area contributed by atoms with Crippen molar-refractivity contribution in [2.24, 2.45) is 0 Å². The number of rotatable bonds is 1. The fraction of sp³-hybridized carbons (Fsp3) is 0.333. The van der Waals surface area contributed by atoms with Crippen molar-refractivity contribution in [2.45, 2.75) is 19.8 Å². The molecule has 0 N–H and O–H groups in total. The Balaban J connectivity index is 2.78. The number of aromatic nitrogens is 3. The zero-order valence-electron chi connectivity index (χ0n) is 7.83. The normalized spacial score (nSPS) is 11.5. The summed E-state index contributed by atoms with van der Waals surface area (Å²) in [4.78, 5) is 8.54. The van der Waals surface area contributed by atoms with Crippen molar-refractivity contribution in [1.29, 1.82) is 0 Å². The van der Waals surface area contributed by atoms with Gasteiger partial charge in [0.25, 0.3) is 0 Å². The van der Waals surface area contributed by atoms with Gasteiger partial charge in [0.2, 0.25) is 0 Å². The van der Waals surface area contributed by atoms with Gasteiger partial charge in [0.05, 0.1) is 0 Å². The largest absolute Gasteiger partial charge is 0.299 e. The molecule has 0 unspecified atom stereocenters. The van der Waals surface area contributed by atoms with Gasteiger partial charge in [0.15, 0.2) is 10.3 Å². The molecule has 0 radical (unpaired) electrons. The average Bonchev–Trinajstić information content (AvgIpc) is 2.47. The van der Waals surface area contributed by atoms with E-state index in [1.807, 2.05) is 16.8 Å². The van der Waals surface area contributed by atoms with Crippen LogP contribution in [0.4, 0.5) is 0 Å². The third-order valence-corrected chi connectivity index (χ3v) is 2.96. The van der Waals surface area contributed by atoms with Gasteiger partial charge in [-0.1, -0.05) is 13.8 Å². The van der Waals surface area contributed by atoms with Crippen molar-refractivity contribution in [3.63, 3.8) is 0 Å². The summed E-state index contributed by atoms with van der Waals surface area (Å²) in [5.74, 6) is 0.450. The maximum atomic E-state index is 4.31. The lowest BCUT2D eigenvalue weighted by molar-refractivity contribution is 0.804. The van der Waals surface area contributed by atoms with Crippen molar-refractivity contribution in [2.75, 3.05) is 0 Å². The Hall–Kier alpha value is -0.420. The molecule has 2 aromatic heterocycles. The third-order valence-electron chi connectivity index (χ3n) is 2.04. The van der Waals surface area contributed by atoms with E-state index in [1.165, 1.54) is 5.69 Å². The highest BCUT2D eigenvalue weighted by Crippen LogP contribution is 2.22. The molecule has 0 aliphatic carbocycles. The molecule has 14 heavy (non-hydrogen) atoms. The van der Waals surface area contributed by atoms with Gasteiger partial charge in [-0.15, -0.1) is 0 Å². The summed E-state index contributed by atoms with van der Waals surface area (Å²) in [5.41, 5.74) is 2.04. The minimum Gasteiger partial charge on any atom is -0.299 e. The smallest absolute Gasteiger partial charge is 0.170 e. The van der Waals surface area contributed by atoms with Crippen LogP contribution in [0.2, 0.25) is 0 Å². The summed E-state index contributed by atoms with van der Waals surface area (Å²) in [7, 11) is 0. The summed E-state index contributed by atoms with van der Waals surface area (Å²) >= 11 is 6.75. The topological polar surface area (TPSA) is 30.2 Å². The molecule has 0 aliphatic rings. The highest BCUT2D eigenvalue weighted by atomic mass is 79.9. The first-order valence-electron chi connectivity index (χ1n) is 4.28. The molecule has 0 amide bonds. The van der Waals surface area contributed by atoms with Crippen molar-refractivity contribution in [1.82, 2.24) is 14.4 Å². The predicted molar refractivity (Wildman–Crippen MR) is 62.5 cm³/mol. The molecule has 5 heteroatoms. The van der Waals surface area contributed by atoms with E-state index < -0.39 is 0 Å². The molecule has 2 aromatic rings. The Labute approximate surface area is 98.8 Å². The number of fused-ring (bicyclic) bond motifs is 1. The molecule has 74 valence electrons. The minimum absolute atomic E-state index is 0.450. The summed E-state index contributed by atoms with van der Waals surface area (Å²) in [6.45, 7) is 4.29. The van der Waals surface area contributed by atoms with Gasteiger partial charge in [-0.05, 0) is 37.8 Å². The van der Waals surface area contributed by atoms with E-state index in [2.05, 4.69) is 55.7 Å². The summed E-state index contributed by atoms with van der Waals surface area (Å²) in [6.07, 6.45) is 3.82. The fourth-order valence-corrected chi connectivity index (χ4v) is 2.47. The van der Waals surface area contributed by atoms with Gasteiger partial charge in [0.1, 0.15) is 4.60 Å². The van der Waals surface area contributed by atoms with Crippen LogP contribution in [0.5, 0.6) is 0 Å². The highest BCUT2D eigenvalue weighted by Gasteiger charge is 2.10. The van der Waals surface area contributed by atoms with E-state index in [9.17, 15) is 0 Å². The second-order valence-electron chi connectivity index (χ2n) is 3.39. The lowest BCUT2D eigenvalue weighted by Gasteiger charge is -2.05. The van der Waals surface area contributed by atoms with Crippen molar-refractivity contribution >= 4 is 37.5 Å². The molecule has 0 atom stereocenters. The quantitative estimate of drug-likeness (QED) is 0.807. The van der Waals surface area contributed by atoms with Gasteiger partial charge >= 0.3 is 0 Å². The fourth-order valence-electron chi connectivity index (χ4n) is 1.37. The van der Waals surface area contributed by atoms with Crippen LogP contribution >= 0.6 is 31.9 Å². The molecule has 0 saturated carbocycles. The van der Waals surface area contributed by atoms with Crippen LogP contribution < -0.4 is 0 Å². The monoisotopic (exact) mass is 317 g/mol. The van der Waals surface area contributed by atoms with Crippen LogP contribution in [0.1, 0.15) is 25.5 Å². The van der Waals surface area contributed by atoms with Crippen LogP contribution in [-0.2, 0) is 0 Å². The molecule has 0 fully saturated rings. The zero-order valence-corrected chi connectivity index (χ0v) is 11.0. The van der Waals surface area contributed by atoms with E-state index in [1.54, 1.807) is 0 Å². The SMILES string of the molecule is CC(C)c1cnc2c(Br)nc(Br)cn12. The van der Waals surface area contributed by atoms with Gasteiger partial charge < -0.3 is 0 Å². The second kappa shape index (κ2) is 3.62. The first kappa shape index (κ1) is 10.1. The van der Waals surface area contributed by atoms with Gasteiger partial charge in [-0.25, -0.2) is 9.97 Å². The number of hydrogen-bond acceptors (Lipinski definition) is 2. The van der Waals surface area contributed by atoms with Gasteiger partial charge in [-0.3, -0.25) is 4.40 Å². The van der Waals surface area contributed by atoms with Gasteiger partial charge in [0, 0.05) is 18.1 Å². The standard InChI is InChI=1S/C9H9Br2N3/c1-5(2)6-3-12-9-8(11)13-7(10)4-14(6)9/h3-5H,1-2H3. The van der Waals surface area contributed by atoms with E-state index >= 15 is 0 Å². The number of halogens is 2. The lowest BCUT2D eigenvalue weighted by atomic mass is 10.1. The summed E-state index contributed by atoms with van der Waals surface area (Å²) in [6, 6.07) is 0. The Morgan fingerprint density at radius 3 is 2.71 bits per heavy atom. The third kappa shape index (κ3) is 1.59. The van der Waals surface area contributed by atoms with Crippen LogP contribution in [0.3, 0.4) is 0 Å². The molecular weight excluding hydrogens is 310 g/mol. The first-order valence-corrected chi connectivity index (χ1v) is 5.87. The predicted octanol–water partition coefficient (Wildman–Crippen LogP) is 3.38. The van der Waals surface area contributed by atoms with E-state index in [4.69, 9.17) is 0 Å². The van der Waals surface area contributed by atoms with Crippen LogP contribution in [-0.4, -0.2) is 14.4 Å². The average molecular weight is 319 g/mol. The molecule has 0 bridgehead atoms. The number of hydrogen-bond donors (Lipinski definition) is 0. The molecule has 3 nitrogen and oxygen atoms in total. The van der Waals surface area contributed by atoms with Crippen LogP contribution in [0.25, 0.3) is 5.65 Å². The Kier molecular flexibility index (Phi) is 2.62. The van der Waals surface area contributed by atoms with E-state index in [0.29, 0.717) is 5.92 Å². The van der Waals surface area contributed by atoms with Crippen molar-refractivity contribution in [3.05, 3.63) is 27.3 Å². The lowest BCUT2D eigenvalue weighted by Crippen LogP contribution is -1.96. The molecule has 2 rings (SSSR count). The summed E-state index contributed by atoms with van der Waals surface area (Å²) in [5, 5.41) is 0. The molecule has 0 spiro atoms. The first-order chi connectivity index (χ1) is 6.59. The second-order valence-corrected chi connectivity index (χ2v) is 4.95. The molecule has 0 aliphatic heterocycles. The maximum Gasteiger partial charge on any atom is 0.170 e. The Morgan fingerprint density at radius 2 is 2.07 bits per heavy atom. The Morgan fingerprint density at radius 1 is 1.36 bits per heavy atom. The van der Waals surface area contributed by atoms with Crippen molar-refractivity contribution < 1.29 is 0 Å². The summed E-state index contributed by atoms with van der Waals surface area (Å²) < 4.78 is 3.61. The highest BCUT2D eigenvalue weighted by molar-refractivity contribution is 9.11. The van der Waals surface area contributed by atoms with Crippen LogP contribution in [0.15, 0.2) is 21.6 Å². The Bertz CT molecular complexity index is 476. The number of imidazole rings is 1. The van der Waals surface area contributed by atoms with E-state index in [0.717, 1.165) is 14.9 Å². The van der Waals surface area contributed by atoms with Gasteiger partial charge in [-0.2, -0.15) is 0 Å². The van der Waals surface area contributed by atoms with E-state index in [-0.39, 0.29) is 0 Å². The molecule has 0 saturated heterocycles. The minimum atomic E-state index is 0.450. The maximum absolute atomic E-state index is 4.31. The molecular formula is C9H9Br2N3. The molecule has 2 heterocycles.